The minimum atomic E-state index is -3.57. The number of hydrogen-bond donors (Lipinski definition) is 2. The van der Waals surface area contributed by atoms with Crippen molar-refractivity contribution in [2.24, 2.45) is 0 Å². The lowest BCUT2D eigenvalue weighted by Gasteiger charge is -2.13. The monoisotopic (exact) mass is 267 g/mol. The zero-order chi connectivity index (χ0) is 13.8. The molecule has 0 heterocycles. The predicted molar refractivity (Wildman–Crippen MR) is 69.6 cm³/mol. The third-order valence-corrected chi connectivity index (χ3v) is 4.24. The lowest BCUT2D eigenvalue weighted by atomic mass is 10.2. The summed E-state index contributed by atoms with van der Waals surface area (Å²) < 4.78 is 26.7. The maximum atomic E-state index is 12.1. The standard InChI is InChI=1S/C12H17N3O2S/c1-9-4-5-11(7-13)6-12(9)18(16,17)15-8-10(2)14-3/h4-6,10,14-15H,8H2,1-3H3. The van der Waals surface area contributed by atoms with Crippen LogP contribution in [0.15, 0.2) is 23.1 Å². The number of nitriles is 1. The van der Waals surface area contributed by atoms with Crippen molar-refractivity contribution < 1.29 is 8.42 Å². The van der Waals surface area contributed by atoms with Crippen molar-refractivity contribution in [2.75, 3.05) is 13.6 Å². The Bertz CT molecular complexity index is 561. The SMILES string of the molecule is CNC(C)CNS(=O)(=O)c1cc(C#N)ccc1C. The van der Waals surface area contributed by atoms with Crippen LogP contribution in [0.25, 0.3) is 0 Å². The van der Waals surface area contributed by atoms with Crippen LogP contribution < -0.4 is 10.0 Å². The van der Waals surface area contributed by atoms with Gasteiger partial charge in [-0.2, -0.15) is 5.26 Å². The van der Waals surface area contributed by atoms with Crippen LogP contribution in [-0.4, -0.2) is 28.1 Å². The van der Waals surface area contributed by atoms with Gasteiger partial charge in [0.25, 0.3) is 0 Å². The van der Waals surface area contributed by atoms with E-state index >= 15 is 0 Å². The summed E-state index contributed by atoms with van der Waals surface area (Å²) in [6.07, 6.45) is 0. The van der Waals surface area contributed by atoms with Gasteiger partial charge in [0.2, 0.25) is 10.0 Å². The molecule has 1 aromatic carbocycles. The maximum absolute atomic E-state index is 12.1. The molecule has 0 bridgehead atoms. The predicted octanol–water partition coefficient (Wildman–Crippen LogP) is 0.753. The molecule has 0 aliphatic heterocycles. The Balaban J connectivity index is 3.02. The van der Waals surface area contributed by atoms with Gasteiger partial charge in [0.05, 0.1) is 16.5 Å². The molecule has 6 heteroatoms. The Morgan fingerprint density at radius 3 is 2.67 bits per heavy atom. The molecule has 2 N–H and O–H groups in total. The number of nitrogens with one attached hydrogen (secondary N) is 2. The normalized spacial score (nSPS) is 13.0. The van der Waals surface area contributed by atoms with E-state index in [0.717, 1.165) is 0 Å². The van der Waals surface area contributed by atoms with Gasteiger partial charge >= 0.3 is 0 Å². The first kappa shape index (κ1) is 14.6. The highest BCUT2D eigenvalue weighted by atomic mass is 32.2. The molecule has 0 saturated heterocycles. The van der Waals surface area contributed by atoms with E-state index in [-0.39, 0.29) is 10.9 Å². The van der Waals surface area contributed by atoms with Crippen LogP contribution in [0.3, 0.4) is 0 Å². The van der Waals surface area contributed by atoms with E-state index in [9.17, 15) is 8.42 Å². The Hall–Kier alpha value is -1.42. The lowest BCUT2D eigenvalue weighted by Crippen LogP contribution is -2.37. The highest BCUT2D eigenvalue weighted by Gasteiger charge is 2.17. The van der Waals surface area contributed by atoms with Crippen LogP contribution in [0.5, 0.6) is 0 Å². The van der Waals surface area contributed by atoms with Crippen molar-refractivity contribution in [2.45, 2.75) is 24.8 Å². The molecule has 1 atom stereocenters. The van der Waals surface area contributed by atoms with E-state index in [4.69, 9.17) is 5.26 Å². The zero-order valence-electron chi connectivity index (χ0n) is 10.7. The molecule has 0 saturated carbocycles. The molecule has 0 aromatic heterocycles. The third-order valence-electron chi connectivity index (χ3n) is 2.68. The van der Waals surface area contributed by atoms with E-state index in [1.54, 1.807) is 26.1 Å². The quantitative estimate of drug-likeness (QED) is 0.825. The van der Waals surface area contributed by atoms with Gasteiger partial charge in [0.1, 0.15) is 0 Å². The van der Waals surface area contributed by atoms with Gasteiger partial charge in [-0.3, -0.25) is 0 Å². The number of hydrogen-bond acceptors (Lipinski definition) is 4. The fraction of sp³-hybridized carbons (Fsp3) is 0.417. The van der Waals surface area contributed by atoms with Crippen molar-refractivity contribution in [3.05, 3.63) is 29.3 Å². The second-order valence-corrected chi connectivity index (χ2v) is 5.87. The van der Waals surface area contributed by atoms with Gasteiger partial charge in [0, 0.05) is 12.6 Å². The molecule has 0 amide bonds. The first-order valence-electron chi connectivity index (χ1n) is 5.58. The number of sulfonamides is 1. The molecular formula is C12H17N3O2S. The summed E-state index contributed by atoms with van der Waals surface area (Å²) in [5.41, 5.74) is 0.959. The molecule has 1 rings (SSSR count). The van der Waals surface area contributed by atoms with Crippen molar-refractivity contribution in [1.82, 2.24) is 10.0 Å². The molecule has 5 nitrogen and oxygen atoms in total. The summed E-state index contributed by atoms with van der Waals surface area (Å²) in [7, 11) is -1.81. The summed E-state index contributed by atoms with van der Waals surface area (Å²) in [6.45, 7) is 3.88. The summed E-state index contributed by atoms with van der Waals surface area (Å²) in [5, 5.41) is 11.7. The fourth-order valence-corrected chi connectivity index (χ4v) is 2.77. The Morgan fingerprint density at radius 1 is 1.44 bits per heavy atom. The first-order valence-corrected chi connectivity index (χ1v) is 7.06. The molecule has 0 aliphatic rings. The Kier molecular flexibility index (Phi) is 4.84. The average molecular weight is 267 g/mol. The van der Waals surface area contributed by atoms with Crippen LogP contribution in [0.4, 0.5) is 0 Å². The van der Waals surface area contributed by atoms with Gasteiger partial charge in [-0.1, -0.05) is 6.07 Å². The minimum Gasteiger partial charge on any atom is -0.316 e. The molecule has 0 spiro atoms. The highest BCUT2D eigenvalue weighted by Crippen LogP contribution is 2.16. The van der Waals surface area contributed by atoms with Crippen molar-refractivity contribution in [3.63, 3.8) is 0 Å². The molecular weight excluding hydrogens is 250 g/mol. The van der Waals surface area contributed by atoms with E-state index in [0.29, 0.717) is 17.7 Å². The molecule has 1 aromatic rings. The molecule has 0 fully saturated rings. The van der Waals surface area contributed by atoms with Crippen LogP contribution in [0.1, 0.15) is 18.1 Å². The van der Waals surface area contributed by atoms with Gasteiger partial charge in [0.15, 0.2) is 0 Å². The summed E-state index contributed by atoms with van der Waals surface area (Å²) >= 11 is 0. The molecule has 0 aliphatic carbocycles. The maximum Gasteiger partial charge on any atom is 0.240 e. The van der Waals surface area contributed by atoms with Crippen molar-refractivity contribution >= 4 is 10.0 Å². The Morgan fingerprint density at radius 2 is 2.11 bits per heavy atom. The number of aryl methyl sites for hydroxylation is 1. The zero-order valence-corrected chi connectivity index (χ0v) is 11.5. The highest BCUT2D eigenvalue weighted by molar-refractivity contribution is 7.89. The van der Waals surface area contributed by atoms with Crippen LogP contribution >= 0.6 is 0 Å². The van der Waals surface area contributed by atoms with Crippen molar-refractivity contribution in [1.29, 1.82) is 5.26 Å². The van der Waals surface area contributed by atoms with Crippen molar-refractivity contribution in [3.8, 4) is 6.07 Å². The van der Waals surface area contributed by atoms with E-state index < -0.39 is 10.0 Å². The summed E-state index contributed by atoms with van der Waals surface area (Å²) in [4.78, 5) is 0.157. The van der Waals surface area contributed by atoms with Crippen LogP contribution in [0, 0.1) is 18.3 Å². The second-order valence-electron chi connectivity index (χ2n) is 4.13. The Labute approximate surface area is 108 Å². The summed E-state index contributed by atoms with van der Waals surface area (Å²) in [5.74, 6) is 0. The van der Waals surface area contributed by atoms with E-state index in [2.05, 4.69) is 10.0 Å². The molecule has 1 unspecified atom stereocenters. The van der Waals surface area contributed by atoms with E-state index in [1.165, 1.54) is 6.07 Å². The largest absolute Gasteiger partial charge is 0.316 e. The molecule has 98 valence electrons. The van der Waals surface area contributed by atoms with Crippen LogP contribution in [-0.2, 0) is 10.0 Å². The number of nitrogens with zero attached hydrogens (tertiary/aromatic N) is 1. The third kappa shape index (κ3) is 3.53. The molecule has 18 heavy (non-hydrogen) atoms. The topological polar surface area (TPSA) is 82.0 Å². The summed E-state index contributed by atoms with van der Waals surface area (Å²) in [6, 6.07) is 6.60. The second kappa shape index (κ2) is 5.96. The van der Waals surface area contributed by atoms with Gasteiger partial charge in [-0.05, 0) is 38.6 Å². The van der Waals surface area contributed by atoms with Crippen LogP contribution in [0.2, 0.25) is 0 Å². The minimum absolute atomic E-state index is 0.0410. The lowest BCUT2D eigenvalue weighted by molar-refractivity contribution is 0.554. The van der Waals surface area contributed by atoms with Gasteiger partial charge < -0.3 is 5.32 Å². The van der Waals surface area contributed by atoms with Gasteiger partial charge in [-0.25, -0.2) is 13.1 Å². The number of likely N-dealkylation sites (N-methyl/N-ethyl adjacent to an activating group) is 1. The first-order chi connectivity index (χ1) is 8.40. The molecule has 0 radical (unpaired) electrons. The average Bonchev–Trinajstić information content (AvgIpc) is 2.36. The van der Waals surface area contributed by atoms with Gasteiger partial charge in [-0.15, -0.1) is 0 Å². The van der Waals surface area contributed by atoms with E-state index in [1.807, 2.05) is 13.0 Å². The smallest absolute Gasteiger partial charge is 0.240 e. The fourth-order valence-electron chi connectivity index (χ4n) is 1.37. The number of rotatable bonds is 5. The number of benzene rings is 1.